The van der Waals surface area contributed by atoms with Crippen molar-refractivity contribution in [3.05, 3.63) is 20.8 Å². The zero-order valence-corrected chi connectivity index (χ0v) is 12.8. The Morgan fingerprint density at radius 2 is 1.95 bits per heavy atom. The maximum Gasteiger partial charge on any atom is 0.278 e. The Hall–Kier alpha value is -1.27. The van der Waals surface area contributed by atoms with Crippen LogP contribution in [0.3, 0.4) is 0 Å². The summed E-state index contributed by atoms with van der Waals surface area (Å²) in [5.41, 5.74) is 1.02. The second-order valence-corrected chi connectivity index (χ2v) is 5.81. The normalized spacial score (nSPS) is 11.6. The van der Waals surface area contributed by atoms with Gasteiger partial charge in [0.2, 0.25) is 0 Å². The number of fused-ring (bicyclic) bond motifs is 1. The van der Waals surface area contributed by atoms with E-state index in [-0.39, 0.29) is 5.56 Å². The van der Waals surface area contributed by atoms with E-state index in [1.54, 1.807) is 0 Å². The molecule has 2 aromatic rings. The molecule has 104 valence electrons. The lowest BCUT2D eigenvalue weighted by atomic mass is 10.2. The number of hydrogen-bond donors (Lipinski definition) is 0. The van der Waals surface area contributed by atoms with E-state index in [4.69, 9.17) is 0 Å². The number of thiophene rings is 1. The first-order valence-corrected chi connectivity index (χ1v) is 7.46. The highest BCUT2D eigenvalue weighted by molar-refractivity contribution is 7.18. The van der Waals surface area contributed by atoms with Gasteiger partial charge in [-0.2, -0.15) is 0 Å². The van der Waals surface area contributed by atoms with Crippen LogP contribution in [0, 0.1) is 13.8 Å². The van der Waals surface area contributed by atoms with Crippen molar-refractivity contribution in [1.29, 1.82) is 0 Å². The average molecular weight is 280 g/mol. The summed E-state index contributed by atoms with van der Waals surface area (Å²) >= 11 is 1.54. The lowest BCUT2D eigenvalue weighted by molar-refractivity contribution is 0.281. The Bertz CT molecular complexity index is 627. The molecule has 2 heterocycles. The number of likely N-dealkylation sites (N-methyl/N-ethyl adjacent to an activating group) is 1. The van der Waals surface area contributed by atoms with Crippen LogP contribution in [0.5, 0.6) is 0 Å². The molecule has 19 heavy (non-hydrogen) atoms. The van der Waals surface area contributed by atoms with Gasteiger partial charge in [0.15, 0.2) is 4.83 Å². The summed E-state index contributed by atoms with van der Waals surface area (Å²) in [5, 5.41) is 8.94. The van der Waals surface area contributed by atoms with Gasteiger partial charge in [0, 0.05) is 11.4 Å². The molecule has 0 N–H and O–H groups in total. The Morgan fingerprint density at radius 3 is 2.58 bits per heavy atom. The van der Waals surface area contributed by atoms with E-state index in [2.05, 4.69) is 29.1 Å². The molecule has 0 fully saturated rings. The highest BCUT2D eigenvalue weighted by atomic mass is 32.1. The molecule has 5 nitrogen and oxygen atoms in total. The molecular weight excluding hydrogens is 260 g/mol. The highest BCUT2D eigenvalue weighted by Crippen LogP contribution is 2.24. The van der Waals surface area contributed by atoms with Crippen LogP contribution in [-0.4, -0.2) is 39.5 Å². The maximum atomic E-state index is 12.4. The maximum absolute atomic E-state index is 12.4. The molecular formula is C13H20N4OS. The first kappa shape index (κ1) is 14.1. The molecule has 0 spiro atoms. The topological polar surface area (TPSA) is 51.0 Å². The van der Waals surface area contributed by atoms with Crippen LogP contribution in [0.15, 0.2) is 4.79 Å². The minimum absolute atomic E-state index is 0.0148. The predicted molar refractivity (Wildman–Crippen MR) is 78.9 cm³/mol. The molecule has 0 aromatic carbocycles. The summed E-state index contributed by atoms with van der Waals surface area (Å²) in [6.07, 6.45) is 0. The molecule has 0 saturated carbocycles. The summed E-state index contributed by atoms with van der Waals surface area (Å²) in [6, 6.07) is 0. The Kier molecular flexibility index (Phi) is 4.31. The molecule has 0 aliphatic carbocycles. The predicted octanol–water partition coefficient (Wildman–Crippen LogP) is 1.81. The molecule has 2 rings (SSSR count). The fourth-order valence-corrected chi connectivity index (χ4v) is 3.08. The average Bonchev–Trinajstić information content (AvgIpc) is 2.69. The fourth-order valence-electron chi connectivity index (χ4n) is 2.12. The summed E-state index contributed by atoms with van der Waals surface area (Å²) in [4.78, 5) is 16.6. The van der Waals surface area contributed by atoms with Crippen molar-refractivity contribution in [2.24, 2.45) is 0 Å². The third-order valence-corrected chi connectivity index (χ3v) is 4.67. The molecule has 6 heteroatoms. The van der Waals surface area contributed by atoms with Gasteiger partial charge in [0.25, 0.3) is 5.56 Å². The largest absolute Gasteiger partial charge is 0.302 e. The van der Waals surface area contributed by atoms with Gasteiger partial charge >= 0.3 is 0 Å². The van der Waals surface area contributed by atoms with E-state index in [1.807, 2.05) is 13.8 Å². The highest BCUT2D eigenvalue weighted by Gasteiger charge is 2.13. The van der Waals surface area contributed by atoms with Gasteiger partial charge in [0.05, 0.1) is 11.9 Å². The summed E-state index contributed by atoms with van der Waals surface area (Å²) in [6.45, 7) is 11.6. The van der Waals surface area contributed by atoms with Crippen LogP contribution in [0.25, 0.3) is 10.2 Å². The van der Waals surface area contributed by atoms with Crippen LogP contribution in [0.2, 0.25) is 0 Å². The van der Waals surface area contributed by atoms with Gasteiger partial charge < -0.3 is 4.90 Å². The van der Waals surface area contributed by atoms with Gasteiger partial charge in [-0.25, -0.2) is 4.68 Å². The molecule has 0 unspecified atom stereocenters. The molecule has 0 amide bonds. The molecule has 0 bridgehead atoms. The van der Waals surface area contributed by atoms with E-state index in [0.717, 1.165) is 40.3 Å². The zero-order valence-electron chi connectivity index (χ0n) is 11.9. The van der Waals surface area contributed by atoms with Crippen molar-refractivity contribution >= 4 is 21.6 Å². The van der Waals surface area contributed by atoms with Crippen molar-refractivity contribution in [3.8, 4) is 0 Å². The monoisotopic (exact) mass is 280 g/mol. The Morgan fingerprint density at radius 1 is 1.26 bits per heavy atom. The molecule has 0 saturated heterocycles. The third-order valence-electron chi connectivity index (χ3n) is 3.58. The Labute approximate surface area is 116 Å². The number of hydrogen-bond acceptors (Lipinski definition) is 5. The number of nitrogens with zero attached hydrogens (tertiary/aromatic N) is 4. The quantitative estimate of drug-likeness (QED) is 0.838. The van der Waals surface area contributed by atoms with Crippen molar-refractivity contribution in [3.63, 3.8) is 0 Å². The van der Waals surface area contributed by atoms with Crippen LogP contribution < -0.4 is 5.56 Å². The van der Waals surface area contributed by atoms with Crippen LogP contribution in [-0.2, 0) is 6.54 Å². The van der Waals surface area contributed by atoms with Gasteiger partial charge in [0.1, 0.15) is 0 Å². The van der Waals surface area contributed by atoms with E-state index in [0.29, 0.717) is 6.54 Å². The second-order valence-electron chi connectivity index (χ2n) is 4.61. The molecule has 0 aliphatic heterocycles. The second kappa shape index (κ2) is 5.79. The number of aromatic nitrogens is 3. The van der Waals surface area contributed by atoms with Crippen molar-refractivity contribution in [1.82, 2.24) is 19.9 Å². The van der Waals surface area contributed by atoms with Crippen molar-refractivity contribution in [2.75, 3.05) is 19.6 Å². The fraction of sp³-hybridized carbons (Fsp3) is 0.615. The van der Waals surface area contributed by atoms with Gasteiger partial charge in [-0.1, -0.05) is 19.1 Å². The summed E-state index contributed by atoms with van der Waals surface area (Å²) in [7, 11) is 0. The standard InChI is InChI=1S/C13H20N4OS/c1-5-16(6-2)7-8-17-13(18)11-9(3)10(4)19-12(11)14-15-17/h5-8H2,1-4H3. The first-order valence-electron chi connectivity index (χ1n) is 6.64. The molecule has 0 aliphatic rings. The third kappa shape index (κ3) is 2.69. The van der Waals surface area contributed by atoms with Gasteiger partial charge in [-0.15, -0.1) is 16.4 Å². The molecule has 2 aromatic heterocycles. The van der Waals surface area contributed by atoms with E-state index < -0.39 is 0 Å². The van der Waals surface area contributed by atoms with E-state index >= 15 is 0 Å². The van der Waals surface area contributed by atoms with Gasteiger partial charge in [-0.05, 0) is 32.5 Å². The zero-order chi connectivity index (χ0) is 14.0. The molecule has 0 radical (unpaired) electrons. The summed E-state index contributed by atoms with van der Waals surface area (Å²) < 4.78 is 1.49. The van der Waals surface area contributed by atoms with Crippen LogP contribution in [0.4, 0.5) is 0 Å². The van der Waals surface area contributed by atoms with E-state index in [9.17, 15) is 4.79 Å². The SMILES string of the molecule is CCN(CC)CCn1nnc2sc(C)c(C)c2c1=O. The molecule has 0 atom stereocenters. The van der Waals surface area contributed by atoms with Gasteiger partial charge in [-0.3, -0.25) is 4.79 Å². The van der Waals surface area contributed by atoms with Crippen molar-refractivity contribution < 1.29 is 0 Å². The lowest BCUT2D eigenvalue weighted by Gasteiger charge is -2.17. The number of rotatable bonds is 5. The Balaban J connectivity index is 2.32. The first-order chi connectivity index (χ1) is 9.08. The van der Waals surface area contributed by atoms with E-state index in [1.165, 1.54) is 16.0 Å². The lowest BCUT2D eigenvalue weighted by Crippen LogP contribution is -2.32. The summed E-state index contributed by atoms with van der Waals surface area (Å²) in [5.74, 6) is 0. The smallest absolute Gasteiger partial charge is 0.278 e. The van der Waals surface area contributed by atoms with Crippen molar-refractivity contribution in [2.45, 2.75) is 34.2 Å². The van der Waals surface area contributed by atoms with Crippen LogP contribution in [0.1, 0.15) is 24.3 Å². The number of aryl methyl sites for hydroxylation is 2. The minimum atomic E-state index is -0.0148. The van der Waals surface area contributed by atoms with Crippen LogP contribution >= 0.6 is 11.3 Å². The minimum Gasteiger partial charge on any atom is -0.302 e.